The average Bonchev–Trinajstić information content (AvgIpc) is 3.02. The first kappa shape index (κ1) is 8.95. The van der Waals surface area contributed by atoms with E-state index in [1.807, 2.05) is 24.4 Å². The predicted octanol–water partition coefficient (Wildman–Crippen LogP) is 2.96. The lowest BCUT2D eigenvalue weighted by Gasteiger charge is -1.99. The molecule has 17 heavy (non-hydrogen) atoms. The van der Waals surface area contributed by atoms with Crippen LogP contribution in [0.25, 0.3) is 27.1 Å². The minimum Gasteiger partial charge on any atom is -0.297 e. The molecule has 4 aromatic heterocycles. The monoisotopic (exact) mass is 240 g/mol. The van der Waals surface area contributed by atoms with Crippen molar-refractivity contribution in [2.75, 3.05) is 0 Å². The van der Waals surface area contributed by atoms with Gasteiger partial charge in [-0.3, -0.25) is 14.6 Å². The van der Waals surface area contributed by atoms with Gasteiger partial charge in [-0.2, -0.15) is 5.10 Å². The molecule has 5 heteroatoms. The van der Waals surface area contributed by atoms with E-state index in [2.05, 4.69) is 31.2 Å². The number of aromatic amines is 1. The van der Waals surface area contributed by atoms with Crippen LogP contribution in [0.4, 0.5) is 0 Å². The van der Waals surface area contributed by atoms with E-state index < -0.39 is 0 Å². The van der Waals surface area contributed by atoms with Crippen LogP contribution >= 0.6 is 11.3 Å². The van der Waals surface area contributed by atoms with E-state index in [0.717, 1.165) is 22.4 Å². The molecule has 0 spiro atoms. The van der Waals surface area contributed by atoms with Gasteiger partial charge < -0.3 is 0 Å². The molecular weight excluding hydrogens is 232 g/mol. The molecule has 0 bridgehead atoms. The van der Waals surface area contributed by atoms with Crippen molar-refractivity contribution >= 4 is 32.6 Å². The smallest absolute Gasteiger partial charge is 0.177 e. The van der Waals surface area contributed by atoms with Gasteiger partial charge >= 0.3 is 0 Å². The zero-order chi connectivity index (χ0) is 11.2. The SMILES string of the molecule is c1cnc2ccn(-c3n[nH]c4ccsc34)c2c1. The number of rotatable bonds is 1. The van der Waals surface area contributed by atoms with E-state index in [4.69, 9.17) is 0 Å². The Morgan fingerprint density at radius 3 is 3.24 bits per heavy atom. The second-order valence-corrected chi connectivity index (χ2v) is 4.72. The van der Waals surface area contributed by atoms with Crippen LogP contribution in [0.15, 0.2) is 42.0 Å². The van der Waals surface area contributed by atoms with Crippen LogP contribution < -0.4 is 0 Å². The highest BCUT2D eigenvalue weighted by Gasteiger charge is 2.11. The molecule has 1 N–H and O–H groups in total. The molecule has 0 saturated heterocycles. The largest absolute Gasteiger partial charge is 0.297 e. The van der Waals surface area contributed by atoms with Crippen LogP contribution in [-0.2, 0) is 0 Å². The lowest BCUT2D eigenvalue weighted by Crippen LogP contribution is -1.92. The number of nitrogens with zero attached hydrogens (tertiary/aromatic N) is 3. The van der Waals surface area contributed by atoms with Gasteiger partial charge in [0.2, 0.25) is 0 Å². The molecule has 0 aliphatic heterocycles. The predicted molar refractivity (Wildman–Crippen MR) is 68.6 cm³/mol. The Hall–Kier alpha value is -2.14. The average molecular weight is 240 g/mol. The normalized spacial score (nSPS) is 11.5. The second kappa shape index (κ2) is 3.18. The fourth-order valence-corrected chi connectivity index (χ4v) is 2.88. The zero-order valence-corrected chi connectivity index (χ0v) is 9.61. The van der Waals surface area contributed by atoms with Gasteiger partial charge in [0, 0.05) is 12.4 Å². The summed E-state index contributed by atoms with van der Waals surface area (Å²) in [5.74, 6) is 0.943. The number of nitrogens with one attached hydrogen (secondary N) is 1. The van der Waals surface area contributed by atoms with E-state index in [-0.39, 0.29) is 0 Å². The van der Waals surface area contributed by atoms with Gasteiger partial charge in [0.05, 0.1) is 21.3 Å². The minimum absolute atomic E-state index is 0.943. The summed E-state index contributed by atoms with van der Waals surface area (Å²) in [7, 11) is 0. The quantitative estimate of drug-likeness (QED) is 0.556. The standard InChI is InChI=1S/C12H8N4S/c1-2-10-8(13-5-1)3-6-16(10)12-11-9(14-15-12)4-7-17-11/h1-7H,(H,14,15). The summed E-state index contributed by atoms with van der Waals surface area (Å²) in [6.07, 6.45) is 3.81. The molecule has 4 heterocycles. The third-order valence-corrected chi connectivity index (χ3v) is 3.75. The highest BCUT2D eigenvalue weighted by atomic mass is 32.1. The van der Waals surface area contributed by atoms with Gasteiger partial charge in [0.25, 0.3) is 0 Å². The van der Waals surface area contributed by atoms with E-state index >= 15 is 0 Å². The van der Waals surface area contributed by atoms with Crippen LogP contribution in [-0.4, -0.2) is 19.7 Å². The molecule has 4 nitrogen and oxygen atoms in total. The molecule has 0 atom stereocenters. The first-order chi connectivity index (χ1) is 8.43. The Kier molecular flexibility index (Phi) is 1.67. The number of thiophene rings is 1. The van der Waals surface area contributed by atoms with E-state index in [9.17, 15) is 0 Å². The third-order valence-electron chi connectivity index (χ3n) is 2.84. The van der Waals surface area contributed by atoms with Crippen molar-refractivity contribution in [3.63, 3.8) is 0 Å². The molecule has 4 aromatic rings. The fraction of sp³-hybridized carbons (Fsp3) is 0. The topological polar surface area (TPSA) is 46.5 Å². The molecule has 0 aromatic carbocycles. The van der Waals surface area contributed by atoms with Crippen molar-refractivity contribution in [3.05, 3.63) is 42.0 Å². The van der Waals surface area contributed by atoms with E-state index in [1.165, 1.54) is 4.70 Å². The van der Waals surface area contributed by atoms with Gasteiger partial charge in [-0.05, 0) is 29.6 Å². The Bertz CT molecular complexity index is 808. The van der Waals surface area contributed by atoms with Gasteiger partial charge in [0.1, 0.15) is 0 Å². The Morgan fingerprint density at radius 1 is 1.24 bits per heavy atom. The Labute approximate surface area is 101 Å². The summed E-state index contributed by atoms with van der Waals surface area (Å²) in [6.45, 7) is 0. The van der Waals surface area contributed by atoms with Crippen LogP contribution in [0.5, 0.6) is 0 Å². The lowest BCUT2D eigenvalue weighted by atomic mass is 10.4. The van der Waals surface area contributed by atoms with Crippen molar-refractivity contribution in [1.82, 2.24) is 19.7 Å². The molecule has 0 saturated carbocycles. The number of hydrogen-bond donors (Lipinski definition) is 1. The summed E-state index contributed by atoms with van der Waals surface area (Å²) < 4.78 is 3.24. The van der Waals surface area contributed by atoms with Crippen molar-refractivity contribution in [2.24, 2.45) is 0 Å². The maximum Gasteiger partial charge on any atom is 0.177 e. The summed E-state index contributed by atoms with van der Waals surface area (Å²) >= 11 is 1.69. The lowest BCUT2D eigenvalue weighted by molar-refractivity contribution is 1.00. The van der Waals surface area contributed by atoms with Crippen LogP contribution in [0.2, 0.25) is 0 Å². The molecule has 0 aliphatic carbocycles. The maximum atomic E-state index is 4.37. The highest BCUT2D eigenvalue weighted by Crippen LogP contribution is 2.27. The maximum absolute atomic E-state index is 4.37. The minimum atomic E-state index is 0.943. The van der Waals surface area contributed by atoms with Crippen molar-refractivity contribution in [1.29, 1.82) is 0 Å². The van der Waals surface area contributed by atoms with Crippen LogP contribution in [0.1, 0.15) is 0 Å². The molecule has 4 rings (SSSR count). The highest BCUT2D eigenvalue weighted by molar-refractivity contribution is 7.17. The van der Waals surface area contributed by atoms with Gasteiger partial charge in [-0.15, -0.1) is 11.3 Å². The van der Waals surface area contributed by atoms with Gasteiger partial charge in [-0.25, -0.2) is 0 Å². The Balaban J connectivity index is 2.09. The first-order valence-corrected chi connectivity index (χ1v) is 6.15. The number of H-pyrrole nitrogens is 1. The Morgan fingerprint density at radius 2 is 2.24 bits per heavy atom. The van der Waals surface area contributed by atoms with Crippen molar-refractivity contribution in [3.8, 4) is 5.82 Å². The molecule has 0 aliphatic rings. The summed E-state index contributed by atoms with van der Waals surface area (Å²) in [6, 6.07) is 8.04. The third kappa shape index (κ3) is 1.17. The van der Waals surface area contributed by atoms with E-state index in [0.29, 0.717) is 0 Å². The molecular formula is C12H8N4S. The molecule has 82 valence electrons. The van der Waals surface area contributed by atoms with Gasteiger partial charge in [0.15, 0.2) is 5.82 Å². The number of hydrogen-bond acceptors (Lipinski definition) is 3. The van der Waals surface area contributed by atoms with Gasteiger partial charge in [-0.1, -0.05) is 0 Å². The molecule has 0 unspecified atom stereocenters. The van der Waals surface area contributed by atoms with Crippen molar-refractivity contribution < 1.29 is 0 Å². The summed E-state index contributed by atoms with van der Waals surface area (Å²) in [5, 5.41) is 9.47. The van der Waals surface area contributed by atoms with E-state index in [1.54, 1.807) is 17.5 Å². The molecule has 0 radical (unpaired) electrons. The van der Waals surface area contributed by atoms with Crippen LogP contribution in [0, 0.1) is 0 Å². The zero-order valence-electron chi connectivity index (χ0n) is 8.79. The fourth-order valence-electron chi connectivity index (χ4n) is 2.05. The summed E-state index contributed by atoms with van der Waals surface area (Å²) in [5.41, 5.74) is 3.14. The second-order valence-electron chi connectivity index (χ2n) is 3.80. The number of fused-ring (bicyclic) bond motifs is 2. The molecule has 0 amide bonds. The molecule has 0 fully saturated rings. The number of pyridine rings is 1. The van der Waals surface area contributed by atoms with Crippen molar-refractivity contribution in [2.45, 2.75) is 0 Å². The summed E-state index contributed by atoms with van der Waals surface area (Å²) in [4.78, 5) is 4.32. The van der Waals surface area contributed by atoms with Crippen LogP contribution in [0.3, 0.4) is 0 Å². The first-order valence-electron chi connectivity index (χ1n) is 5.27. The number of aromatic nitrogens is 4.